The number of amides is 2. The number of likely N-dealkylation sites (tertiary alicyclic amines) is 1. The fraction of sp³-hybridized carbons (Fsp3) is 0.857. The van der Waals surface area contributed by atoms with Gasteiger partial charge in [0.05, 0.1) is 18.6 Å². The number of hydrogen-bond donors (Lipinski definition) is 2. The maximum atomic E-state index is 13.0. The zero-order valence-electron chi connectivity index (χ0n) is 23.5. The molecule has 1 spiro atoms. The molecule has 0 aromatic rings. The third-order valence-corrected chi connectivity index (χ3v) is 8.64. The molecule has 0 aromatic carbocycles. The van der Waals surface area contributed by atoms with Crippen LogP contribution in [0.25, 0.3) is 0 Å². The predicted octanol–water partition coefficient (Wildman–Crippen LogP) is 3.03. The van der Waals surface area contributed by atoms with Gasteiger partial charge < -0.3 is 34.5 Å². The Morgan fingerprint density at radius 1 is 1.22 bits per heavy atom. The first kappa shape index (κ1) is 28.3. The minimum Gasteiger partial charge on any atom is -0.443 e. The minimum absolute atomic E-state index is 0.0399. The van der Waals surface area contributed by atoms with Crippen LogP contribution in [0.3, 0.4) is 0 Å². The first-order valence-corrected chi connectivity index (χ1v) is 14.0. The Kier molecular flexibility index (Phi) is 8.88. The first-order chi connectivity index (χ1) is 17.6. The largest absolute Gasteiger partial charge is 0.443 e. The van der Waals surface area contributed by atoms with Crippen LogP contribution in [0.2, 0.25) is 0 Å². The smallest absolute Gasteiger partial charge is 0.408 e. The van der Waals surface area contributed by atoms with E-state index in [1.165, 1.54) is 18.4 Å². The first-order valence-electron chi connectivity index (χ1n) is 14.0. The average Bonchev–Trinajstić information content (AvgIpc) is 3.69. The second kappa shape index (κ2) is 11.6. The highest BCUT2D eigenvalue weighted by Gasteiger charge is 2.72. The van der Waals surface area contributed by atoms with Gasteiger partial charge in [0, 0.05) is 20.2 Å². The Morgan fingerprint density at radius 2 is 1.92 bits per heavy atom. The number of alkyl carbamates (subject to hydrolysis) is 1. The van der Waals surface area contributed by atoms with Gasteiger partial charge in [-0.3, -0.25) is 4.79 Å². The highest BCUT2D eigenvalue weighted by molar-refractivity contribution is 5.85. The summed E-state index contributed by atoms with van der Waals surface area (Å²) in [5.41, 5.74) is 0.596. The van der Waals surface area contributed by atoms with Crippen molar-refractivity contribution in [2.75, 3.05) is 39.9 Å². The van der Waals surface area contributed by atoms with E-state index in [-0.39, 0.29) is 35.6 Å². The molecule has 1 saturated carbocycles. The van der Waals surface area contributed by atoms with Crippen molar-refractivity contribution in [3.05, 3.63) is 11.6 Å². The van der Waals surface area contributed by atoms with Crippen LogP contribution in [0.15, 0.2) is 11.6 Å². The number of ether oxygens (including phenoxy) is 4. The van der Waals surface area contributed by atoms with E-state index in [9.17, 15) is 9.59 Å². The summed E-state index contributed by atoms with van der Waals surface area (Å²) < 4.78 is 24.1. The Hall–Kier alpha value is -1.68. The fourth-order valence-electron chi connectivity index (χ4n) is 6.36. The maximum Gasteiger partial charge on any atom is 0.408 e. The molecule has 3 heterocycles. The highest BCUT2D eigenvalue weighted by atomic mass is 16.6. The van der Waals surface area contributed by atoms with E-state index in [1.807, 2.05) is 13.8 Å². The van der Waals surface area contributed by atoms with E-state index < -0.39 is 23.8 Å². The molecular formula is C28H47N3O6. The number of hydrogen-bond acceptors (Lipinski definition) is 7. The Labute approximate surface area is 222 Å². The van der Waals surface area contributed by atoms with Crippen LogP contribution in [0.1, 0.15) is 66.7 Å². The van der Waals surface area contributed by atoms with E-state index >= 15 is 0 Å². The summed E-state index contributed by atoms with van der Waals surface area (Å²) in [6.07, 6.45) is 5.62. The number of rotatable bonds is 11. The average molecular weight is 522 g/mol. The molecule has 210 valence electrons. The van der Waals surface area contributed by atoms with Crippen molar-refractivity contribution in [2.45, 2.75) is 102 Å². The summed E-state index contributed by atoms with van der Waals surface area (Å²) in [6, 6.07) is -0.665. The fourth-order valence-corrected chi connectivity index (χ4v) is 6.36. The van der Waals surface area contributed by atoms with Gasteiger partial charge in [-0.15, -0.1) is 0 Å². The number of allylic oxidation sites excluding steroid dienone is 1. The molecule has 9 nitrogen and oxygen atoms in total. The number of nitrogens with zero attached hydrogens (tertiary/aromatic N) is 1. The molecule has 3 saturated heterocycles. The molecule has 37 heavy (non-hydrogen) atoms. The lowest BCUT2D eigenvalue weighted by atomic mass is 9.68. The van der Waals surface area contributed by atoms with Crippen LogP contribution in [0, 0.1) is 11.8 Å². The molecule has 9 heteroatoms. The van der Waals surface area contributed by atoms with E-state index in [2.05, 4.69) is 42.4 Å². The number of epoxide rings is 2. The number of methoxy groups -OCH3 is 1. The molecular weight excluding hydrogens is 474 g/mol. The molecule has 0 radical (unpaired) electrons. The quantitative estimate of drug-likeness (QED) is 0.318. The summed E-state index contributed by atoms with van der Waals surface area (Å²) in [4.78, 5) is 28.2. The van der Waals surface area contributed by atoms with Gasteiger partial charge in [-0.2, -0.15) is 0 Å². The van der Waals surface area contributed by atoms with Gasteiger partial charge in [-0.1, -0.05) is 25.5 Å². The SMILES string of the molecule is CO[C@H]1[C@@H]([C@@]2(C)O[C@@H]2CC=C(C)C)[C@]2(CC[C@H]1OC(=O)N[C@@H](C(=O)NCCN1CCCC1)C(C)C)CO2. The Balaban J connectivity index is 1.35. The topological polar surface area (TPSA) is 105 Å². The third kappa shape index (κ3) is 6.49. The standard InChI is InChI=1S/C28H47N3O6/c1-18(2)9-10-21-27(5,37-21)24-23(34-6)20(11-12-28(24)17-35-28)36-26(33)30-22(19(3)4)25(32)29-13-16-31-14-7-8-15-31/h9,19-24H,7-8,10-17H2,1-6H3,(H,29,32)(H,30,33)/t20-,21-,22-,23-,24+,27+,28+/m1/s1. The van der Waals surface area contributed by atoms with Crippen molar-refractivity contribution in [3.8, 4) is 0 Å². The lowest BCUT2D eigenvalue weighted by Crippen LogP contribution is -2.57. The summed E-state index contributed by atoms with van der Waals surface area (Å²) in [7, 11) is 1.66. The second-order valence-electron chi connectivity index (χ2n) is 12.0. The van der Waals surface area contributed by atoms with E-state index in [0.29, 0.717) is 19.6 Å². The Bertz CT molecular complexity index is 849. The summed E-state index contributed by atoms with van der Waals surface area (Å²) in [5, 5.41) is 5.81. The number of carbonyl (C=O) groups is 2. The monoisotopic (exact) mass is 521 g/mol. The third-order valence-electron chi connectivity index (χ3n) is 8.64. The molecule has 7 atom stereocenters. The van der Waals surface area contributed by atoms with E-state index in [4.69, 9.17) is 18.9 Å². The molecule has 2 N–H and O–H groups in total. The van der Waals surface area contributed by atoms with Crippen molar-refractivity contribution in [1.29, 1.82) is 0 Å². The molecule has 4 fully saturated rings. The van der Waals surface area contributed by atoms with Gasteiger partial charge >= 0.3 is 6.09 Å². The lowest BCUT2D eigenvalue weighted by Gasteiger charge is -2.42. The summed E-state index contributed by atoms with van der Waals surface area (Å²) in [5.74, 6) is -0.293. The summed E-state index contributed by atoms with van der Waals surface area (Å²) >= 11 is 0. The predicted molar refractivity (Wildman–Crippen MR) is 140 cm³/mol. The van der Waals surface area contributed by atoms with Crippen LogP contribution in [-0.2, 0) is 23.7 Å². The van der Waals surface area contributed by atoms with Gasteiger partial charge in [-0.25, -0.2) is 4.79 Å². The van der Waals surface area contributed by atoms with Crippen LogP contribution < -0.4 is 10.6 Å². The van der Waals surface area contributed by atoms with Crippen LogP contribution in [0.5, 0.6) is 0 Å². The maximum absolute atomic E-state index is 13.0. The lowest BCUT2D eigenvalue weighted by molar-refractivity contribution is -0.125. The van der Waals surface area contributed by atoms with Crippen LogP contribution in [-0.4, -0.2) is 92.4 Å². The molecule has 0 aromatic heterocycles. The summed E-state index contributed by atoms with van der Waals surface area (Å²) in [6.45, 7) is 14.4. The van der Waals surface area contributed by atoms with Crippen molar-refractivity contribution in [2.24, 2.45) is 11.8 Å². The molecule has 3 aliphatic heterocycles. The van der Waals surface area contributed by atoms with Crippen molar-refractivity contribution >= 4 is 12.0 Å². The molecule has 4 rings (SSSR count). The van der Waals surface area contributed by atoms with Crippen molar-refractivity contribution in [3.63, 3.8) is 0 Å². The zero-order chi connectivity index (χ0) is 26.8. The van der Waals surface area contributed by atoms with Gasteiger partial charge in [0.25, 0.3) is 0 Å². The van der Waals surface area contributed by atoms with E-state index in [0.717, 1.165) is 32.5 Å². The van der Waals surface area contributed by atoms with Gasteiger partial charge in [0.1, 0.15) is 29.5 Å². The molecule has 1 aliphatic carbocycles. The molecule has 4 aliphatic rings. The molecule has 0 unspecified atom stereocenters. The molecule has 2 amide bonds. The minimum atomic E-state index is -0.665. The van der Waals surface area contributed by atoms with Crippen LogP contribution in [0.4, 0.5) is 4.79 Å². The van der Waals surface area contributed by atoms with Gasteiger partial charge in [0.15, 0.2) is 0 Å². The Morgan fingerprint density at radius 3 is 2.51 bits per heavy atom. The van der Waals surface area contributed by atoms with E-state index in [1.54, 1.807) is 7.11 Å². The van der Waals surface area contributed by atoms with Crippen molar-refractivity contribution in [1.82, 2.24) is 15.5 Å². The second-order valence-corrected chi connectivity index (χ2v) is 12.0. The van der Waals surface area contributed by atoms with Crippen LogP contribution >= 0.6 is 0 Å². The highest BCUT2D eigenvalue weighted by Crippen LogP contribution is 2.59. The number of carbonyl (C=O) groups excluding carboxylic acids is 2. The number of nitrogens with one attached hydrogen (secondary N) is 2. The van der Waals surface area contributed by atoms with Gasteiger partial charge in [-0.05, 0) is 71.9 Å². The van der Waals surface area contributed by atoms with Gasteiger partial charge in [0.2, 0.25) is 5.91 Å². The van der Waals surface area contributed by atoms with Crippen molar-refractivity contribution < 1.29 is 28.5 Å². The molecule has 0 bridgehead atoms. The normalized spacial score (nSPS) is 35.8. The zero-order valence-corrected chi connectivity index (χ0v) is 23.5.